The van der Waals surface area contributed by atoms with Crippen molar-refractivity contribution in [3.8, 4) is 0 Å². The Labute approximate surface area is 148 Å². The van der Waals surface area contributed by atoms with Gasteiger partial charge in [-0.2, -0.15) is 23.3 Å². The Balaban J connectivity index is 2.13. The summed E-state index contributed by atoms with van der Waals surface area (Å²) in [6, 6.07) is 4.34. The fraction of sp³-hybridized carbons (Fsp3) is 0.267. The van der Waals surface area contributed by atoms with Crippen LogP contribution in [0.15, 0.2) is 33.8 Å². The fourth-order valence-electron chi connectivity index (χ4n) is 2.67. The largest absolute Gasteiger partial charge is 0.438 e. The van der Waals surface area contributed by atoms with E-state index in [1.807, 2.05) is 0 Å². The summed E-state index contributed by atoms with van der Waals surface area (Å²) in [5.74, 6) is -1.42. The van der Waals surface area contributed by atoms with E-state index in [0.717, 1.165) is 18.2 Å². The number of halogens is 3. The molecule has 1 aliphatic heterocycles. The van der Waals surface area contributed by atoms with Gasteiger partial charge in [0.2, 0.25) is 5.55 Å². The van der Waals surface area contributed by atoms with Gasteiger partial charge in [0.1, 0.15) is 11.1 Å². The second kappa shape index (κ2) is 5.87. The minimum atomic E-state index is -5.20. The fourth-order valence-corrected chi connectivity index (χ4v) is 2.67. The Kier molecular flexibility index (Phi) is 4.03. The molecule has 1 unspecified atom stereocenters. The quantitative estimate of drug-likeness (QED) is 0.605. The van der Waals surface area contributed by atoms with Gasteiger partial charge in [-0.25, -0.2) is 0 Å². The zero-order valence-electron chi connectivity index (χ0n) is 13.6. The van der Waals surface area contributed by atoms with E-state index < -0.39 is 40.3 Å². The van der Waals surface area contributed by atoms with Gasteiger partial charge in [0.05, 0.1) is 4.92 Å². The molecule has 9 nitrogen and oxygen atoms in total. The van der Waals surface area contributed by atoms with Crippen molar-refractivity contribution in [3.05, 3.63) is 45.5 Å². The molecule has 0 saturated heterocycles. The number of nitrogens with one attached hydrogen (secondary N) is 1. The van der Waals surface area contributed by atoms with E-state index in [1.54, 1.807) is 0 Å². The molecule has 1 amide bonds. The van der Waals surface area contributed by atoms with Crippen LogP contribution in [0.1, 0.15) is 23.7 Å². The maximum atomic E-state index is 13.3. The predicted octanol–water partition coefficient (Wildman–Crippen LogP) is 2.29. The van der Waals surface area contributed by atoms with Crippen molar-refractivity contribution in [1.82, 2.24) is 5.01 Å². The molecular formula is C15H11F3N4O5. The van der Waals surface area contributed by atoms with Crippen molar-refractivity contribution < 1.29 is 32.4 Å². The molecule has 2 N–H and O–H groups in total. The number of alkyl halides is 3. The van der Waals surface area contributed by atoms with Crippen LogP contribution in [-0.4, -0.2) is 38.6 Å². The van der Waals surface area contributed by atoms with Gasteiger partial charge < -0.3 is 9.52 Å². The highest BCUT2D eigenvalue weighted by Gasteiger charge is 2.62. The molecule has 0 aliphatic carbocycles. The molecule has 27 heavy (non-hydrogen) atoms. The first-order valence-electron chi connectivity index (χ1n) is 7.38. The monoisotopic (exact) mass is 384 g/mol. The molecule has 1 atom stereocenters. The second-order valence-electron chi connectivity index (χ2n) is 5.91. The van der Waals surface area contributed by atoms with Crippen molar-refractivity contribution in [2.45, 2.75) is 25.2 Å². The van der Waals surface area contributed by atoms with Crippen LogP contribution < -0.4 is 5.55 Å². The molecule has 12 heteroatoms. The molecule has 2 heterocycles. The molecule has 0 saturated carbocycles. The predicted molar refractivity (Wildman–Crippen MR) is 83.6 cm³/mol. The van der Waals surface area contributed by atoms with Crippen molar-refractivity contribution in [3.63, 3.8) is 0 Å². The van der Waals surface area contributed by atoms with Crippen LogP contribution >= 0.6 is 0 Å². The minimum absolute atomic E-state index is 0.0225. The molecular weight excluding hydrogens is 373 g/mol. The van der Waals surface area contributed by atoms with Crippen LogP contribution in [0.2, 0.25) is 0 Å². The second-order valence-corrected chi connectivity index (χ2v) is 5.91. The Hall–Kier alpha value is -3.28. The Bertz CT molecular complexity index is 1060. The highest BCUT2D eigenvalue weighted by molar-refractivity contribution is 5.99. The number of fused-ring (bicyclic) bond motifs is 1. The lowest BCUT2D eigenvalue weighted by molar-refractivity contribution is -0.384. The van der Waals surface area contributed by atoms with Gasteiger partial charge in [0.15, 0.2) is 0 Å². The third-order valence-corrected chi connectivity index (χ3v) is 3.96. The number of aliphatic hydroxyl groups is 1. The maximum Gasteiger partial charge on any atom is 0.438 e. The Morgan fingerprint density at radius 2 is 2.11 bits per heavy atom. The van der Waals surface area contributed by atoms with Gasteiger partial charge in [-0.15, -0.1) is 0 Å². The minimum Gasteiger partial charge on any atom is -0.438 e. The van der Waals surface area contributed by atoms with Crippen molar-refractivity contribution in [1.29, 1.82) is 5.41 Å². The maximum absolute atomic E-state index is 13.3. The summed E-state index contributed by atoms with van der Waals surface area (Å²) < 4.78 is 44.9. The summed E-state index contributed by atoms with van der Waals surface area (Å²) in [4.78, 5) is 22.7. The lowest BCUT2D eigenvalue weighted by atomic mass is 10.1. The van der Waals surface area contributed by atoms with Gasteiger partial charge in [0, 0.05) is 29.7 Å². The first-order chi connectivity index (χ1) is 12.4. The lowest BCUT2D eigenvalue weighted by Gasteiger charge is -2.32. The third kappa shape index (κ3) is 2.93. The van der Waals surface area contributed by atoms with E-state index in [0.29, 0.717) is 0 Å². The van der Waals surface area contributed by atoms with Gasteiger partial charge in [-0.3, -0.25) is 20.3 Å². The average Bonchev–Trinajstić information content (AvgIpc) is 2.88. The van der Waals surface area contributed by atoms with Crippen molar-refractivity contribution in [2.24, 2.45) is 5.10 Å². The number of carbonyl (C=O) groups is 1. The molecule has 2 aromatic rings. The smallest absolute Gasteiger partial charge is 0.438 e. The molecule has 0 fully saturated rings. The van der Waals surface area contributed by atoms with Crippen molar-refractivity contribution in [2.75, 3.05) is 0 Å². The zero-order chi connectivity index (χ0) is 20.1. The number of rotatable bonds is 2. The summed E-state index contributed by atoms with van der Waals surface area (Å²) >= 11 is 0. The number of nitro groups is 1. The summed E-state index contributed by atoms with van der Waals surface area (Å²) in [6.45, 7) is 1.21. The van der Waals surface area contributed by atoms with Crippen LogP contribution in [0.25, 0.3) is 11.0 Å². The Morgan fingerprint density at radius 1 is 1.44 bits per heavy atom. The number of non-ortho nitro benzene ring substituents is 1. The molecule has 1 aliphatic rings. The van der Waals surface area contributed by atoms with E-state index in [2.05, 4.69) is 5.10 Å². The third-order valence-electron chi connectivity index (χ3n) is 3.96. The summed E-state index contributed by atoms with van der Waals surface area (Å²) in [7, 11) is 0. The molecule has 0 spiro atoms. The molecule has 3 rings (SSSR count). The number of hydrogen-bond acceptors (Lipinski definition) is 7. The SMILES string of the molecule is CC1=NN(C(=O)c2cc3cc([N+](=O)[O-])ccc3oc2=N)C(O)(C(F)(F)F)C1. The lowest BCUT2D eigenvalue weighted by Crippen LogP contribution is -2.57. The zero-order valence-corrected chi connectivity index (χ0v) is 13.6. The average molecular weight is 384 g/mol. The van der Waals surface area contributed by atoms with Gasteiger partial charge in [-0.05, 0) is 19.1 Å². The van der Waals surface area contributed by atoms with E-state index in [-0.39, 0.29) is 27.4 Å². The van der Waals surface area contributed by atoms with Crippen LogP contribution in [0.3, 0.4) is 0 Å². The molecule has 1 aromatic carbocycles. The van der Waals surface area contributed by atoms with Crippen LogP contribution in [-0.2, 0) is 0 Å². The van der Waals surface area contributed by atoms with E-state index in [1.165, 1.54) is 13.0 Å². The van der Waals surface area contributed by atoms with E-state index in [9.17, 15) is 33.2 Å². The number of carbonyl (C=O) groups excluding carboxylic acids is 1. The summed E-state index contributed by atoms with van der Waals surface area (Å²) in [5, 5.41) is 31.9. The number of hydrazone groups is 1. The number of benzene rings is 1. The number of nitrogens with zero attached hydrogens (tertiary/aromatic N) is 3. The van der Waals surface area contributed by atoms with Gasteiger partial charge >= 0.3 is 6.18 Å². The van der Waals surface area contributed by atoms with Crippen molar-refractivity contribution >= 4 is 28.3 Å². The highest BCUT2D eigenvalue weighted by Crippen LogP contribution is 2.40. The van der Waals surface area contributed by atoms with Crippen LogP contribution in [0, 0.1) is 15.5 Å². The number of amides is 1. The normalized spacial score (nSPS) is 20.0. The van der Waals surface area contributed by atoms with Crippen LogP contribution in [0.4, 0.5) is 18.9 Å². The standard InChI is InChI=1S/C15H11F3N4O5/c1-7-6-14(24,15(16,17)18)21(20-7)13(23)10-5-8-4-9(22(25)26)2-3-11(8)27-12(10)19/h2-5,19,24H,6H2,1H3. The van der Waals surface area contributed by atoms with Gasteiger partial charge in [-0.1, -0.05) is 0 Å². The van der Waals surface area contributed by atoms with E-state index >= 15 is 0 Å². The highest BCUT2D eigenvalue weighted by atomic mass is 19.4. The molecule has 0 bridgehead atoms. The number of hydrogen-bond donors (Lipinski definition) is 2. The number of nitro benzene ring substituents is 1. The van der Waals surface area contributed by atoms with Gasteiger partial charge in [0.25, 0.3) is 17.3 Å². The molecule has 1 aromatic heterocycles. The topological polar surface area (TPSA) is 133 Å². The molecule has 142 valence electrons. The Morgan fingerprint density at radius 3 is 2.70 bits per heavy atom. The molecule has 0 radical (unpaired) electrons. The summed E-state index contributed by atoms with van der Waals surface area (Å²) in [6.07, 6.45) is -6.13. The summed E-state index contributed by atoms with van der Waals surface area (Å²) in [5.41, 5.74) is -5.42. The first kappa shape index (κ1) is 18.5. The van der Waals surface area contributed by atoms with Crippen LogP contribution in [0.5, 0.6) is 0 Å². The first-order valence-corrected chi connectivity index (χ1v) is 7.38. The van der Waals surface area contributed by atoms with E-state index in [4.69, 9.17) is 9.83 Å².